The van der Waals surface area contributed by atoms with Crippen LogP contribution < -0.4 is 0 Å². The molecule has 1 amide bonds. The van der Waals surface area contributed by atoms with E-state index in [0.29, 0.717) is 5.91 Å². The van der Waals surface area contributed by atoms with Gasteiger partial charge >= 0.3 is 0 Å². The molecule has 0 bridgehead atoms. The minimum absolute atomic E-state index is 0.213. The van der Waals surface area contributed by atoms with Crippen molar-refractivity contribution >= 4 is 5.91 Å². The molecule has 108 valence electrons. The molecule has 0 aromatic carbocycles. The van der Waals surface area contributed by atoms with Gasteiger partial charge < -0.3 is 4.90 Å². The number of amides is 1. The van der Waals surface area contributed by atoms with E-state index in [-0.39, 0.29) is 11.1 Å². The second-order valence-electron chi connectivity index (χ2n) is 6.83. The zero-order chi connectivity index (χ0) is 13.6. The molecule has 4 rings (SSSR count). The summed E-state index contributed by atoms with van der Waals surface area (Å²) in [6.45, 7) is 0.960. The Hall–Kier alpha value is -1.32. The number of hydrogen-bond donors (Lipinski definition) is 0. The summed E-state index contributed by atoms with van der Waals surface area (Å²) < 4.78 is 1.92. The highest BCUT2D eigenvalue weighted by Crippen LogP contribution is 2.48. The summed E-state index contributed by atoms with van der Waals surface area (Å²) in [7, 11) is 0. The first-order valence-corrected chi connectivity index (χ1v) is 8.09. The highest BCUT2D eigenvalue weighted by molar-refractivity contribution is 5.87. The van der Waals surface area contributed by atoms with Crippen LogP contribution in [0.25, 0.3) is 0 Å². The lowest BCUT2D eigenvalue weighted by Crippen LogP contribution is -2.68. The predicted molar refractivity (Wildman–Crippen MR) is 76.2 cm³/mol. The third kappa shape index (κ3) is 1.54. The van der Waals surface area contributed by atoms with Crippen LogP contribution in [0, 0.1) is 0 Å². The zero-order valence-electron chi connectivity index (χ0n) is 12.1. The number of aromatic nitrogens is 2. The lowest BCUT2D eigenvalue weighted by molar-refractivity contribution is -0.166. The van der Waals surface area contributed by atoms with Gasteiger partial charge in [-0.15, -0.1) is 0 Å². The number of carbonyl (C=O) groups excluding carboxylic acids is 1. The number of hydrogen-bond acceptors (Lipinski definition) is 2. The van der Waals surface area contributed by atoms with Crippen molar-refractivity contribution in [1.29, 1.82) is 0 Å². The quantitative estimate of drug-likeness (QED) is 0.831. The third-order valence-electron chi connectivity index (χ3n) is 5.92. The normalized spacial score (nSPS) is 26.9. The van der Waals surface area contributed by atoms with Crippen LogP contribution in [0.5, 0.6) is 0 Å². The average Bonchev–Trinajstić information content (AvgIpc) is 2.91. The minimum Gasteiger partial charge on any atom is -0.335 e. The Balaban J connectivity index is 1.60. The van der Waals surface area contributed by atoms with Crippen molar-refractivity contribution < 1.29 is 4.79 Å². The van der Waals surface area contributed by atoms with Crippen LogP contribution in [0.2, 0.25) is 0 Å². The third-order valence-corrected chi connectivity index (χ3v) is 5.92. The first-order chi connectivity index (χ1) is 9.77. The topological polar surface area (TPSA) is 38.1 Å². The molecule has 1 aliphatic heterocycles. The first kappa shape index (κ1) is 12.4. The summed E-state index contributed by atoms with van der Waals surface area (Å²) in [5.41, 5.74) is -0.139. The van der Waals surface area contributed by atoms with Crippen molar-refractivity contribution in [3.05, 3.63) is 18.5 Å². The van der Waals surface area contributed by atoms with E-state index in [9.17, 15) is 4.79 Å². The molecule has 0 unspecified atom stereocenters. The second-order valence-corrected chi connectivity index (χ2v) is 6.83. The molecule has 2 aliphatic carbocycles. The van der Waals surface area contributed by atoms with Crippen molar-refractivity contribution in [2.24, 2.45) is 0 Å². The molecule has 1 aromatic rings. The smallest absolute Gasteiger partial charge is 0.251 e. The Morgan fingerprint density at radius 1 is 1.00 bits per heavy atom. The molecule has 3 fully saturated rings. The molecule has 0 radical (unpaired) electrons. The van der Waals surface area contributed by atoms with Crippen LogP contribution in [-0.2, 0) is 10.3 Å². The molecule has 2 heterocycles. The summed E-state index contributed by atoms with van der Waals surface area (Å²) in [6.07, 6.45) is 14.4. The zero-order valence-corrected chi connectivity index (χ0v) is 12.1. The molecular formula is C16H23N3O. The van der Waals surface area contributed by atoms with Gasteiger partial charge in [0.25, 0.3) is 5.91 Å². The number of rotatable bonds is 2. The van der Waals surface area contributed by atoms with Gasteiger partial charge in [0.15, 0.2) is 0 Å². The fourth-order valence-corrected chi connectivity index (χ4v) is 4.41. The lowest BCUT2D eigenvalue weighted by atomic mass is 9.69. The average molecular weight is 273 g/mol. The molecule has 4 heteroatoms. The van der Waals surface area contributed by atoms with Crippen LogP contribution in [0.1, 0.15) is 57.8 Å². The Labute approximate surface area is 120 Å². The van der Waals surface area contributed by atoms with E-state index in [1.165, 1.54) is 38.5 Å². The highest BCUT2D eigenvalue weighted by atomic mass is 16.2. The van der Waals surface area contributed by atoms with E-state index in [1.807, 2.05) is 16.9 Å². The Morgan fingerprint density at radius 2 is 1.80 bits per heavy atom. The lowest BCUT2D eigenvalue weighted by Gasteiger charge is -2.58. The molecule has 4 nitrogen and oxygen atoms in total. The number of carbonyl (C=O) groups is 1. The van der Waals surface area contributed by atoms with E-state index in [2.05, 4.69) is 10.00 Å². The Morgan fingerprint density at radius 3 is 2.30 bits per heavy atom. The van der Waals surface area contributed by atoms with Crippen molar-refractivity contribution in [3.8, 4) is 0 Å². The fraction of sp³-hybridized carbons (Fsp3) is 0.750. The van der Waals surface area contributed by atoms with Gasteiger partial charge in [-0.2, -0.15) is 5.10 Å². The maximum atomic E-state index is 13.2. The number of likely N-dealkylation sites (tertiary alicyclic amines) is 1. The largest absolute Gasteiger partial charge is 0.335 e. The second kappa shape index (κ2) is 4.34. The summed E-state index contributed by atoms with van der Waals surface area (Å²) in [5.74, 6) is 0.348. The summed E-state index contributed by atoms with van der Waals surface area (Å²) in [6, 6.07) is 1.93. The monoisotopic (exact) mass is 273 g/mol. The molecule has 1 saturated heterocycles. The van der Waals surface area contributed by atoms with Crippen LogP contribution in [-0.4, -0.2) is 32.7 Å². The van der Waals surface area contributed by atoms with Crippen molar-refractivity contribution in [2.75, 3.05) is 6.54 Å². The molecule has 0 atom stereocenters. The van der Waals surface area contributed by atoms with E-state index >= 15 is 0 Å². The van der Waals surface area contributed by atoms with Crippen LogP contribution in [0.3, 0.4) is 0 Å². The SMILES string of the molecule is O=C(N1CCC12CCCCC2)C1(n2cccn2)CCC1. The summed E-state index contributed by atoms with van der Waals surface area (Å²) in [4.78, 5) is 15.4. The van der Waals surface area contributed by atoms with E-state index in [0.717, 1.165) is 25.8 Å². The molecule has 3 aliphatic rings. The molecule has 1 spiro atoms. The van der Waals surface area contributed by atoms with Crippen LogP contribution >= 0.6 is 0 Å². The van der Waals surface area contributed by atoms with Gasteiger partial charge in [-0.1, -0.05) is 19.3 Å². The highest BCUT2D eigenvalue weighted by Gasteiger charge is 2.56. The van der Waals surface area contributed by atoms with Crippen LogP contribution in [0.15, 0.2) is 18.5 Å². The first-order valence-electron chi connectivity index (χ1n) is 8.09. The maximum Gasteiger partial charge on any atom is 0.251 e. The van der Waals surface area contributed by atoms with Gasteiger partial charge in [0.2, 0.25) is 0 Å². The molecular weight excluding hydrogens is 250 g/mol. The minimum atomic E-state index is -0.353. The number of nitrogens with zero attached hydrogens (tertiary/aromatic N) is 3. The van der Waals surface area contributed by atoms with Gasteiger partial charge in [0.05, 0.1) is 0 Å². The molecule has 2 saturated carbocycles. The van der Waals surface area contributed by atoms with Crippen molar-refractivity contribution in [3.63, 3.8) is 0 Å². The molecule has 20 heavy (non-hydrogen) atoms. The van der Waals surface area contributed by atoms with Crippen LogP contribution in [0.4, 0.5) is 0 Å². The van der Waals surface area contributed by atoms with E-state index < -0.39 is 0 Å². The van der Waals surface area contributed by atoms with Gasteiger partial charge in [-0.25, -0.2) is 0 Å². The van der Waals surface area contributed by atoms with Gasteiger partial charge in [0.1, 0.15) is 5.54 Å². The summed E-state index contributed by atoms with van der Waals surface area (Å²) >= 11 is 0. The van der Waals surface area contributed by atoms with E-state index in [4.69, 9.17) is 0 Å². The molecule has 1 aromatic heterocycles. The fourth-order valence-electron chi connectivity index (χ4n) is 4.41. The molecule has 0 N–H and O–H groups in total. The summed E-state index contributed by atoms with van der Waals surface area (Å²) in [5, 5.41) is 4.38. The Kier molecular flexibility index (Phi) is 2.69. The van der Waals surface area contributed by atoms with Gasteiger partial charge in [0, 0.05) is 24.5 Å². The van der Waals surface area contributed by atoms with Crippen molar-refractivity contribution in [1.82, 2.24) is 14.7 Å². The Bertz CT molecular complexity index is 498. The van der Waals surface area contributed by atoms with Gasteiger partial charge in [-0.3, -0.25) is 9.48 Å². The van der Waals surface area contributed by atoms with Crippen molar-refractivity contribution in [2.45, 2.75) is 68.9 Å². The van der Waals surface area contributed by atoms with Gasteiger partial charge in [-0.05, 0) is 44.6 Å². The standard InChI is InChI=1S/C16H23N3O/c20-14(16(8-4-9-16)19-12-5-11-17-19)18-13-10-15(18)6-2-1-3-7-15/h5,11-12H,1-4,6-10,13H2. The maximum absolute atomic E-state index is 13.2. The van der Waals surface area contributed by atoms with E-state index in [1.54, 1.807) is 6.20 Å². The predicted octanol–water partition coefficient (Wildman–Crippen LogP) is 2.70.